The molecule has 33 heavy (non-hydrogen) atoms. The fourth-order valence-corrected chi connectivity index (χ4v) is 4.88. The number of hydrogen-bond acceptors (Lipinski definition) is 7. The van der Waals surface area contributed by atoms with E-state index in [-0.39, 0.29) is 18.1 Å². The molecule has 0 spiro atoms. The van der Waals surface area contributed by atoms with E-state index in [1.165, 1.54) is 5.56 Å². The van der Waals surface area contributed by atoms with Gasteiger partial charge in [-0.2, -0.15) is 4.80 Å². The van der Waals surface area contributed by atoms with Crippen molar-refractivity contribution in [2.24, 2.45) is 4.99 Å². The molecule has 1 fully saturated rings. The van der Waals surface area contributed by atoms with Gasteiger partial charge in [-0.15, -0.1) is 10.2 Å². The van der Waals surface area contributed by atoms with Gasteiger partial charge in [0.2, 0.25) is 5.82 Å². The molecular weight excluding hydrogens is 418 g/mol. The van der Waals surface area contributed by atoms with Gasteiger partial charge >= 0.3 is 0 Å². The zero-order valence-electron chi connectivity index (χ0n) is 19.2. The highest BCUT2D eigenvalue weighted by Gasteiger charge is 2.37. The molecule has 1 saturated carbocycles. The van der Waals surface area contributed by atoms with Crippen LogP contribution in [0.3, 0.4) is 0 Å². The van der Waals surface area contributed by atoms with Crippen LogP contribution in [0, 0.1) is 0 Å². The number of benzene rings is 2. The number of rotatable bonds is 6. The molecule has 0 radical (unpaired) electrons. The SMILES string of the molecule is CCOc1cc2c(cc1OC)C(c1ccc(-c3nnn(CC)n3)cc1)=NC1CC(O)CCC21. The Balaban J connectivity index is 1.57. The van der Waals surface area contributed by atoms with Gasteiger partial charge in [-0.3, -0.25) is 4.99 Å². The van der Waals surface area contributed by atoms with Crippen LogP contribution in [-0.2, 0) is 6.54 Å². The first-order valence-electron chi connectivity index (χ1n) is 11.6. The summed E-state index contributed by atoms with van der Waals surface area (Å²) < 4.78 is 11.5. The van der Waals surface area contributed by atoms with Crippen molar-refractivity contribution in [2.45, 2.75) is 57.7 Å². The van der Waals surface area contributed by atoms with Crippen LogP contribution >= 0.6 is 0 Å². The maximum absolute atomic E-state index is 10.3. The van der Waals surface area contributed by atoms with Crippen molar-refractivity contribution in [1.29, 1.82) is 0 Å². The van der Waals surface area contributed by atoms with E-state index in [2.05, 4.69) is 21.5 Å². The Labute approximate surface area is 193 Å². The first kappa shape index (κ1) is 21.6. The predicted octanol–water partition coefficient (Wildman–Crippen LogP) is 3.62. The summed E-state index contributed by atoms with van der Waals surface area (Å²) in [6, 6.07) is 12.3. The number of hydrogen-bond donors (Lipinski definition) is 1. The molecule has 3 unspecified atom stereocenters. The fourth-order valence-electron chi connectivity index (χ4n) is 4.88. The summed E-state index contributed by atoms with van der Waals surface area (Å²) in [4.78, 5) is 6.72. The predicted molar refractivity (Wildman–Crippen MR) is 125 cm³/mol. The third kappa shape index (κ3) is 3.99. The quantitative estimate of drug-likeness (QED) is 0.620. The number of aryl methyl sites for hydroxylation is 1. The topological polar surface area (TPSA) is 94.7 Å². The van der Waals surface area contributed by atoms with Gasteiger partial charge in [0, 0.05) is 22.6 Å². The lowest BCUT2D eigenvalue weighted by Gasteiger charge is -2.37. The molecule has 1 aliphatic heterocycles. The zero-order chi connectivity index (χ0) is 22.9. The largest absolute Gasteiger partial charge is 0.493 e. The molecule has 5 rings (SSSR count). The number of aliphatic hydroxyl groups is 1. The zero-order valence-corrected chi connectivity index (χ0v) is 19.2. The van der Waals surface area contributed by atoms with E-state index in [0.29, 0.717) is 31.1 Å². The summed E-state index contributed by atoms with van der Waals surface area (Å²) in [7, 11) is 1.66. The van der Waals surface area contributed by atoms with Crippen molar-refractivity contribution < 1.29 is 14.6 Å². The molecular formula is C25H29N5O3. The summed E-state index contributed by atoms with van der Waals surface area (Å²) in [5.41, 5.74) is 5.12. The Morgan fingerprint density at radius 2 is 1.85 bits per heavy atom. The Morgan fingerprint density at radius 1 is 1.06 bits per heavy atom. The van der Waals surface area contributed by atoms with Crippen LogP contribution in [-0.4, -0.2) is 56.9 Å². The molecule has 172 valence electrons. The maximum atomic E-state index is 10.3. The van der Waals surface area contributed by atoms with Crippen molar-refractivity contribution >= 4 is 5.71 Å². The lowest BCUT2D eigenvalue weighted by atomic mass is 9.74. The van der Waals surface area contributed by atoms with Crippen LogP contribution in [0.5, 0.6) is 11.5 Å². The van der Waals surface area contributed by atoms with E-state index in [9.17, 15) is 5.11 Å². The second kappa shape index (κ2) is 8.94. The molecule has 0 amide bonds. The van der Waals surface area contributed by atoms with E-state index in [4.69, 9.17) is 14.5 Å². The summed E-state index contributed by atoms with van der Waals surface area (Å²) in [5, 5.41) is 22.9. The van der Waals surface area contributed by atoms with Gasteiger partial charge in [-0.1, -0.05) is 24.3 Å². The second-order valence-electron chi connectivity index (χ2n) is 8.52. The molecule has 1 aliphatic carbocycles. The molecule has 3 atom stereocenters. The molecule has 8 heteroatoms. The molecule has 2 aromatic carbocycles. The Morgan fingerprint density at radius 3 is 2.55 bits per heavy atom. The van der Waals surface area contributed by atoms with Crippen LogP contribution < -0.4 is 9.47 Å². The van der Waals surface area contributed by atoms with Gasteiger partial charge in [0.05, 0.1) is 38.1 Å². The average molecular weight is 448 g/mol. The van der Waals surface area contributed by atoms with E-state index in [1.54, 1.807) is 11.9 Å². The lowest BCUT2D eigenvalue weighted by Crippen LogP contribution is -2.34. The van der Waals surface area contributed by atoms with Crippen LogP contribution in [0.4, 0.5) is 0 Å². The fraction of sp³-hybridized carbons (Fsp3) is 0.440. The third-order valence-electron chi connectivity index (χ3n) is 6.53. The Kier molecular flexibility index (Phi) is 5.85. The standard InChI is InChI=1S/C25H29N5O3/c1-4-30-28-25(27-29-30)16-8-6-15(7-9-16)24-20-14-22(32-3)23(33-5-2)13-19(20)18-11-10-17(31)12-21(18)26-24/h6-9,13-14,17-18,21,31H,4-5,10-12H2,1-3H3. The number of aliphatic imine (C=N–C) groups is 1. The maximum Gasteiger partial charge on any atom is 0.204 e. The number of tetrazole rings is 1. The number of aliphatic hydroxyl groups excluding tert-OH is 1. The van der Waals surface area contributed by atoms with Gasteiger partial charge in [-0.25, -0.2) is 0 Å². The van der Waals surface area contributed by atoms with Crippen LogP contribution in [0.1, 0.15) is 55.7 Å². The summed E-state index contributed by atoms with van der Waals surface area (Å²) in [5.74, 6) is 2.33. The molecule has 2 aliphatic rings. The van der Waals surface area contributed by atoms with Gasteiger partial charge in [0.15, 0.2) is 11.5 Å². The first-order valence-corrected chi connectivity index (χ1v) is 11.6. The van der Waals surface area contributed by atoms with Crippen molar-refractivity contribution in [3.63, 3.8) is 0 Å². The average Bonchev–Trinajstić information content (AvgIpc) is 3.33. The smallest absolute Gasteiger partial charge is 0.204 e. The first-order chi connectivity index (χ1) is 16.1. The van der Waals surface area contributed by atoms with Crippen molar-refractivity contribution in [3.05, 3.63) is 53.1 Å². The van der Waals surface area contributed by atoms with Crippen LogP contribution in [0.25, 0.3) is 11.4 Å². The number of fused-ring (bicyclic) bond motifs is 3. The molecule has 8 nitrogen and oxygen atoms in total. The van der Waals surface area contributed by atoms with E-state index in [1.807, 2.05) is 44.2 Å². The summed E-state index contributed by atoms with van der Waals surface area (Å²) in [6.45, 7) is 5.20. The highest BCUT2D eigenvalue weighted by atomic mass is 16.5. The van der Waals surface area contributed by atoms with Gasteiger partial charge in [-0.05, 0) is 56.0 Å². The number of methoxy groups -OCH3 is 1. The van der Waals surface area contributed by atoms with E-state index >= 15 is 0 Å². The lowest BCUT2D eigenvalue weighted by molar-refractivity contribution is 0.111. The minimum absolute atomic E-state index is 0.0462. The monoisotopic (exact) mass is 447 g/mol. The van der Waals surface area contributed by atoms with Crippen molar-refractivity contribution in [1.82, 2.24) is 20.2 Å². The number of ether oxygens (including phenoxy) is 2. The number of aromatic nitrogens is 4. The summed E-state index contributed by atoms with van der Waals surface area (Å²) in [6.07, 6.45) is 2.07. The molecule has 1 N–H and O–H groups in total. The van der Waals surface area contributed by atoms with Crippen LogP contribution in [0.15, 0.2) is 41.4 Å². The second-order valence-corrected chi connectivity index (χ2v) is 8.52. The summed E-state index contributed by atoms with van der Waals surface area (Å²) >= 11 is 0. The Bertz CT molecular complexity index is 1170. The van der Waals surface area contributed by atoms with Gasteiger partial charge < -0.3 is 14.6 Å². The number of nitrogens with zero attached hydrogens (tertiary/aromatic N) is 5. The van der Waals surface area contributed by atoms with E-state index in [0.717, 1.165) is 41.0 Å². The normalized spacial score (nSPS) is 21.7. The minimum atomic E-state index is -0.308. The van der Waals surface area contributed by atoms with Gasteiger partial charge in [0.25, 0.3) is 0 Å². The van der Waals surface area contributed by atoms with E-state index < -0.39 is 0 Å². The van der Waals surface area contributed by atoms with Crippen molar-refractivity contribution in [2.75, 3.05) is 13.7 Å². The minimum Gasteiger partial charge on any atom is -0.493 e. The highest BCUT2D eigenvalue weighted by Crippen LogP contribution is 2.45. The Hall–Kier alpha value is -3.26. The van der Waals surface area contributed by atoms with Crippen LogP contribution in [0.2, 0.25) is 0 Å². The third-order valence-corrected chi connectivity index (χ3v) is 6.53. The highest BCUT2D eigenvalue weighted by molar-refractivity contribution is 6.15. The molecule has 0 saturated heterocycles. The van der Waals surface area contributed by atoms with Gasteiger partial charge in [0.1, 0.15) is 0 Å². The van der Waals surface area contributed by atoms with Crippen molar-refractivity contribution in [3.8, 4) is 22.9 Å². The molecule has 3 aromatic rings. The molecule has 1 aromatic heterocycles. The molecule has 2 heterocycles. The molecule has 0 bridgehead atoms.